The van der Waals surface area contributed by atoms with Crippen LogP contribution in [0.1, 0.15) is 34.8 Å². The third kappa shape index (κ3) is 4.38. The van der Waals surface area contributed by atoms with Crippen molar-refractivity contribution in [1.29, 1.82) is 0 Å². The number of rotatable bonds is 5. The average Bonchev–Trinajstić information content (AvgIpc) is 3.01. The molecule has 0 spiro atoms. The van der Waals surface area contributed by atoms with E-state index in [1.807, 2.05) is 12.3 Å². The van der Waals surface area contributed by atoms with Gasteiger partial charge in [0.25, 0.3) is 5.91 Å². The van der Waals surface area contributed by atoms with Gasteiger partial charge in [-0.15, -0.1) is 11.8 Å². The molecule has 6 heteroatoms. The van der Waals surface area contributed by atoms with Gasteiger partial charge < -0.3 is 15.4 Å². The number of anilines is 1. The Morgan fingerprint density at radius 1 is 1.31 bits per heavy atom. The Labute approximate surface area is 177 Å². The predicted octanol–water partition coefficient (Wildman–Crippen LogP) is 3.78. The summed E-state index contributed by atoms with van der Waals surface area (Å²) in [6, 6.07) is 12.9. The minimum absolute atomic E-state index is 0.0595. The number of thioether (sulfide) groups is 1. The lowest BCUT2D eigenvalue weighted by Gasteiger charge is -2.36. The first-order chi connectivity index (χ1) is 14.2. The molecule has 0 bridgehead atoms. The number of hydrogen-bond acceptors (Lipinski definition) is 5. The molecule has 2 aliphatic heterocycles. The number of ether oxygens (including phenoxy) is 1. The topological polar surface area (TPSA) is 53.6 Å². The number of nitrogens with one attached hydrogen (secondary N) is 2. The monoisotopic (exact) mass is 411 g/mol. The smallest absolute Gasteiger partial charge is 0.255 e. The lowest BCUT2D eigenvalue weighted by Crippen LogP contribution is -2.47. The molecule has 29 heavy (non-hydrogen) atoms. The molecule has 5 nitrogen and oxygen atoms in total. The van der Waals surface area contributed by atoms with Gasteiger partial charge in [-0.05, 0) is 48.9 Å². The van der Waals surface area contributed by atoms with E-state index in [0.717, 1.165) is 43.1 Å². The van der Waals surface area contributed by atoms with Crippen molar-refractivity contribution in [3.05, 3.63) is 53.1 Å². The number of benzene rings is 2. The summed E-state index contributed by atoms with van der Waals surface area (Å²) in [5.74, 6) is 0.620. The van der Waals surface area contributed by atoms with Crippen molar-refractivity contribution < 1.29 is 9.53 Å². The van der Waals surface area contributed by atoms with Gasteiger partial charge in [0.1, 0.15) is 0 Å². The van der Waals surface area contributed by atoms with Crippen molar-refractivity contribution >= 4 is 23.4 Å². The number of carbonyl (C=O) groups excluding carboxylic acids is 1. The Morgan fingerprint density at radius 3 is 2.93 bits per heavy atom. The number of amides is 1. The fourth-order valence-corrected chi connectivity index (χ4v) is 4.64. The van der Waals surface area contributed by atoms with Gasteiger partial charge in [0, 0.05) is 30.6 Å². The van der Waals surface area contributed by atoms with Gasteiger partial charge in [-0.25, -0.2) is 0 Å². The molecule has 0 fully saturated rings. The summed E-state index contributed by atoms with van der Waals surface area (Å²) in [6.07, 6.45) is 3.92. The van der Waals surface area contributed by atoms with Crippen LogP contribution in [0.15, 0.2) is 41.3 Å². The summed E-state index contributed by atoms with van der Waals surface area (Å²) in [6.45, 7) is 6.22. The van der Waals surface area contributed by atoms with E-state index in [2.05, 4.69) is 52.8 Å². The number of hydrogen-bond donors (Lipinski definition) is 2. The molecule has 2 heterocycles. The normalized spacial score (nSPS) is 18.6. The maximum Gasteiger partial charge on any atom is 0.255 e. The molecule has 2 aromatic rings. The Balaban J connectivity index is 1.51. The zero-order valence-corrected chi connectivity index (χ0v) is 18.0. The molecule has 0 saturated heterocycles. The quantitative estimate of drug-likeness (QED) is 0.734. The lowest BCUT2D eigenvalue weighted by atomic mass is 9.94. The van der Waals surface area contributed by atoms with Crippen molar-refractivity contribution in [2.45, 2.75) is 37.2 Å². The minimum Gasteiger partial charge on any atom is -0.491 e. The molecule has 0 radical (unpaired) electrons. The van der Waals surface area contributed by atoms with Crippen LogP contribution in [-0.4, -0.2) is 49.3 Å². The van der Waals surface area contributed by atoms with Crippen molar-refractivity contribution in [3.63, 3.8) is 0 Å². The molecule has 0 unspecified atom stereocenters. The molecular weight excluding hydrogens is 382 g/mol. The maximum atomic E-state index is 13.1. The summed E-state index contributed by atoms with van der Waals surface area (Å²) in [4.78, 5) is 16.6. The number of carbonyl (C=O) groups is 1. The summed E-state index contributed by atoms with van der Waals surface area (Å²) in [7, 11) is 0. The maximum absolute atomic E-state index is 13.1. The van der Waals surface area contributed by atoms with Crippen LogP contribution < -0.4 is 15.4 Å². The largest absolute Gasteiger partial charge is 0.491 e. The second-order valence-corrected chi connectivity index (χ2v) is 8.46. The lowest BCUT2D eigenvalue weighted by molar-refractivity contribution is 0.0923. The SMILES string of the molecule is CCN1Cc2ccccc2C[C@@H]1CNC(=O)c1cc(SC)cc2c1OCCCN2. The molecule has 0 aromatic heterocycles. The van der Waals surface area contributed by atoms with Crippen molar-refractivity contribution in [3.8, 4) is 5.75 Å². The van der Waals surface area contributed by atoms with Crippen LogP contribution in [0.2, 0.25) is 0 Å². The van der Waals surface area contributed by atoms with Gasteiger partial charge in [0.2, 0.25) is 0 Å². The Bertz CT molecular complexity index is 886. The molecule has 2 aliphatic rings. The van der Waals surface area contributed by atoms with E-state index in [0.29, 0.717) is 30.5 Å². The third-order valence-corrected chi connectivity index (χ3v) is 6.50. The van der Waals surface area contributed by atoms with E-state index in [4.69, 9.17) is 4.74 Å². The summed E-state index contributed by atoms with van der Waals surface area (Å²) >= 11 is 1.64. The van der Waals surface area contributed by atoms with Crippen molar-refractivity contribution in [2.75, 3.05) is 37.8 Å². The molecule has 0 saturated carbocycles. The average molecular weight is 412 g/mol. The van der Waals surface area contributed by atoms with Gasteiger partial charge >= 0.3 is 0 Å². The Morgan fingerprint density at radius 2 is 2.14 bits per heavy atom. The van der Waals surface area contributed by atoms with Crippen LogP contribution in [0.4, 0.5) is 5.69 Å². The molecule has 1 amide bonds. The summed E-state index contributed by atoms with van der Waals surface area (Å²) in [5.41, 5.74) is 4.33. The van der Waals surface area contributed by atoms with E-state index < -0.39 is 0 Å². The number of fused-ring (bicyclic) bond motifs is 2. The standard InChI is InChI=1S/C23H29N3O2S/c1-3-26-15-17-8-5-4-7-16(17)11-18(26)14-25-23(27)20-12-19(29-2)13-21-22(20)28-10-6-9-24-21/h4-5,7-8,12-13,18,24H,3,6,9-11,14-15H2,1-2H3,(H,25,27)/t18-/m1/s1. The van der Waals surface area contributed by atoms with Crippen LogP contribution in [0, 0.1) is 0 Å². The van der Waals surface area contributed by atoms with Gasteiger partial charge in [-0.1, -0.05) is 31.2 Å². The highest BCUT2D eigenvalue weighted by Crippen LogP contribution is 2.35. The second-order valence-electron chi connectivity index (χ2n) is 7.58. The fourth-order valence-electron chi connectivity index (χ4n) is 4.16. The van der Waals surface area contributed by atoms with Crippen LogP contribution in [0.25, 0.3) is 0 Å². The predicted molar refractivity (Wildman–Crippen MR) is 119 cm³/mol. The van der Waals surface area contributed by atoms with E-state index in [1.165, 1.54) is 11.1 Å². The van der Waals surface area contributed by atoms with Crippen molar-refractivity contribution in [1.82, 2.24) is 10.2 Å². The van der Waals surface area contributed by atoms with Crippen molar-refractivity contribution in [2.24, 2.45) is 0 Å². The Kier molecular flexibility index (Phi) is 6.31. The Hall–Kier alpha value is -2.18. The minimum atomic E-state index is -0.0595. The third-order valence-electron chi connectivity index (χ3n) is 5.79. The van der Waals surface area contributed by atoms with E-state index >= 15 is 0 Å². The second kappa shape index (κ2) is 9.09. The molecule has 154 valence electrons. The highest BCUT2D eigenvalue weighted by molar-refractivity contribution is 7.98. The van der Waals surface area contributed by atoms with Crippen LogP contribution in [0.3, 0.4) is 0 Å². The van der Waals surface area contributed by atoms with E-state index in [1.54, 1.807) is 11.8 Å². The van der Waals surface area contributed by atoms with Gasteiger partial charge in [-0.2, -0.15) is 0 Å². The first-order valence-corrected chi connectivity index (χ1v) is 11.6. The van der Waals surface area contributed by atoms with Gasteiger partial charge in [0.15, 0.2) is 5.75 Å². The summed E-state index contributed by atoms with van der Waals surface area (Å²) < 4.78 is 5.94. The van der Waals surface area contributed by atoms with Crippen LogP contribution in [0.5, 0.6) is 5.75 Å². The molecule has 0 aliphatic carbocycles. The van der Waals surface area contributed by atoms with E-state index in [-0.39, 0.29) is 5.91 Å². The van der Waals surface area contributed by atoms with E-state index in [9.17, 15) is 4.79 Å². The first kappa shape index (κ1) is 20.1. The molecule has 2 aromatic carbocycles. The van der Waals surface area contributed by atoms with Gasteiger partial charge in [0.05, 0.1) is 17.9 Å². The van der Waals surface area contributed by atoms with Crippen LogP contribution >= 0.6 is 11.8 Å². The highest BCUT2D eigenvalue weighted by atomic mass is 32.2. The zero-order chi connectivity index (χ0) is 20.2. The zero-order valence-electron chi connectivity index (χ0n) is 17.2. The molecule has 2 N–H and O–H groups in total. The number of nitrogens with zero attached hydrogens (tertiary/aromatic N) is 1. The highest BCUT2D eigenvalue weighted by Gasteiger charge is 2.26. The summed E-state index contributed by atoms with van der Waals surface area (Å²) in [5, 5.41) is 6.59. The fraction of sp³-hybridized carbons (Fsp3) is 0.435. The first-order valence-electron chi connectivity index (χ1n) is 10.4. The molecular formula is C23H29N3O2S. The molecule has 4 rings (SSSR count). The molecule has 1 atom stereocenters. The van der Waals surface area contributed by atoms with Crippen LogP contribution in [-0.2, 0) is 13.0 Å². The van der Waals surface area contributed by atoms with Gasteiger partial charge in [-0.3, -0.25) is 9.69 Å². The number of likely N-dealkylation sites (N-methyl/N-ethyl adjacent to an activating group) is 1.